The van der Waals surface area contributed by atoms with Crippen LogP contribution in [0.2, 0.25) is 0 Å². The van der Waals surface area contributed by atoms with Gasteiger partial charge in [-0.15, -0.1) is 12.4 Å². The molecule has 1 saturated heterocycles. The fourth-order valence-electron chi connectivity index (χ4n) is 2.86. The molecule has 0 radical (unpaired) electrons. The monoisotopic (exact) mass is 328 g/mol. The van der Waals surface area contributed by atoms with Crippen LogP contribution in [0, 0.1) is 0 Å². The lowest BCUT2D eigenvalue weighted by molar-refractivity contribution is 0.0102. The number of ether oxygens (including phenoxy) is 1. The lowest BCUT2D eigenvalue weighted by atomic mass is 9.98. The zero-order valence-electron chi connectivity index (χ0n) is 13.9. The van der Waals surface area contributed by atoms with Crippen LogP contribution >= 0.6 is 12.4 Å². The zero-order chi connectivity index (χ0) is 15.2. The summed E-state index contributed by atoms with van der Waals surface area (Å²) < 4.78 is 5.48. The minimum atomic E-state index is 0. The first-order valence-electron chi connectivity index (χ1n) is 7.80. The summed E-state index contributed by atoms with van der Waals surface area (Å²) >= 11 is 0. The predicted molar refractivity (Wildman–Crippen MR) is 93.7 cm³/mol. The zero-order valence-corrected chi connectivity index (χ0v) is 14.7. The second-order valence-corrected chi connectivity index (χ2v) is 5.78. The van der Waals surface area contributed by atoms with Gasteiger partial charge < -0.3 is 15.4 Å². The first-order chi connectivity index (χ1) is 10.2. The highest BCUT2D eigenvalue weighted by molar-refractivity contribution is 5.85. The Labute approximate surface area is 140 Å². The van der Waals surface area contributed by atoms with Crippen LogP contribution < -0.4 is 10.6 Å². The number of nitrogens with two attached hydrogens (primary N) is 1. The molecule has 0 aromatic carbocycles. The molecular weight excluding hydrogens is 300 g/mol. The van der Waals surface area contributed by atoms with E-state index in [4.69, 9.17) is 10.5 Å². The third-order valence-corrected chi connectivity index (χ3v) is 4.46. The Morgan fingerprint density at radius 1 is 1.45 bits per heavy atom. The van der Waals surface area contributed by atoms with Crippen molar-refractivity contribution in [1.29, 1.82) is 0 Å². The summed E-state index contributed by atoms with van der Waals surface area (Å²) in [7, 11) is 3.85. The van der Waals surface area contributed by atoms with E-state index in [2.05, 4.69) is 40.9 Å². The molecule has 1 aliphatic heterocycles. The Kier molecular flexibility index (Phi) is 8.10. The first kappa shape index (κ1) is 19.2. The molecule has 2 N–H and O–H groups in total. The molecule has 1 aromatic heterocycles. The molecular formula is C16H29ClN4O. The van der Waals surface area contributed by atoms with Gasteiger partial charge in [0.1, 0.15) is 5.82 Å². The summed E-state index contributed by atoms with van der Waals surface area (Å²) in [5.41, 5.74) is 7.17. The average Bonchev–Trinajstić information content (AvgIpc) is 2.55. The van der Waals surface area contributed by atoms with Gasteiger partial charge in [0.2, 0.25) is 0 Å². The van der Waals surface area contributed by atoms with Gasteiger partial charge in [-0.05, 0) is 31.4 Å². The number of halogens is 1. The third kappa shape index (κ3) is 4.81. The van der Waals surface area contributed by atoms with E-state index in [0.29, 0.717) is 18.7 Å². The van der Waals surface area contributed by atoms with Gasteiger partial charge in [0.25, 0.3) is 0 Å². The van der Waals surface area contributed by atoms with Crippen molar-refractivity contribution in [3.05, 3.63) is 23.9 Å². The number of piperidine rings is 1. The van der Waals surface area contributed by atoms with E-state index in [1.165, 1.54) is 5.56 Å². The molecule has 0 amide bonds. The van der Waals surface area contributed by atoms with Crippen molar-refractivity contribution < 1.29 is 4.74 Å². The fraction of sp³-hybridized carbons (Fsp3) is 0.688. The van der Waals surface area contributed by atoms with E-state index >= 15 is 0 Å². The third-order valence-electron chi connectivity index (χ3n) is 4.46. The van der Waals surface area contributed by atoms with Gasteiger partial charge in [0.15, 0.2) is 0 Å². The number of nitrogens with zero attached hydrogens (tertiary/aromatic N) is 3. The minimum absolute atomic E-state index is 0. The standard InChI is InChI=1S/C16H28N4O.ClH/c1-4-19(2)16-6-5-13(11-18-16)12-20-8-7-15(21-3)9-14(20)10-17;/h5-6,11,14-15H,4,7-10,12,17H2,1-3H3;1H. The Hall–Kier alpha value is -0.880. The molecule has 126 valence electrons. The van der Waals surface area contributed by atoms with E-state index in [9.17, 15) is 0 Å². The molecule has 0 spiro atoms. The minimum Gasteiger partial charge on any atom is -0.381 e. The number of rotatable bonds is 6. The van der Waals surface area contributed by atoms with Crippen LogP contribution in [0.1, 0.15) is 25.3 Å². The number of anilines is 1. The van der Waals surface area contributed by atoms with Crippen molar-refractivity contribution in [2.24, 2.45) is 5.73 Å². The summed E-state index contributed by atoms with van der Waals surface area (Å²) in [4.78, 5) is 9.13. The van der Waals surface area contributed by atoms with Crippen LogP contribution in [-0.4, -0.2) is 55.8 Å². The molecule has 2 unspecified atom stereocenters. The molecule has 6 heteroatoms. The molecule has 1 aromatic rings. The van der Waals surface area contributed by atoms with Crippen LogP contribution in [-0.2, 0) is 11.3 Å². The summed E-state index contributed by atoms with van der Waals surface area (Å²) in [5, 5.41) is 0. The van der Waals surface area contributed by atoms with Crippen molar-refractivity contribution in [2.75, 3.05) is 38.7 Å². The lowest BCUT2D eigenvalue weighted by Crippen LogP contribution is -2.47. The van der Waals surface area contributed by atoms with E-state index in [-0.39, 0.29) is 12.4 Å². The normalized spacial score (nSPS) is 22.2. The van der Waals surface area contributed by atoms with Crippen molar-refractivity contribution in [3.8, 4) is 0 Å². The quantitative estimate of drug-likeness (QED) is 0.864. The van der Waals surface area contributed by atoms with Crippen LogP contribution in [0.5, 0.6) is 0 Å². The largest absolute Gasteiger partial charge is 0.381 e. The van der Waals surface area contributed by atoms with Crippen molar-refractivity contribution >= 4 is 18.2 Å². The SMILES string of the molecule is CCN(C)c1ccc(CN2CCC(OC)CC2CN)cn1.Cl. The van der Waals surface area contributed by atoms with Crippen LogP contribution in [0.4, 0.5) is 5.82 Å². The van der Waals surface area contributed by atoms with Crippen molar-refractivity contribution in [1.82, 2.24) is 9.88 Å². The number of hydrogen-bond donors (Lipinski definition) is 1. The van der Waals surface area contributed by atoms with Gasteiger partial charge in [-0.1, -0.05) is 6.07 Å². The highest BCUT2D eigenvalue weighted by Crippen LogP contribution is 2.21. The Morgan fingerprint density at radius 3 is 2.77 bits per heavy atom. The summed E-state index contributed by atoms with van der Waals surface area (Å²) in [6.45, 7) is 5.73. The second-order valence-electron chi connectivity index (χ2n) is 5.78. The van der Waals surface area contributed by atoms with E-state index in [1.54, 1.807) is 7.11 Å². The Bertz CT molecular complexity index is 429. The Balaban J connectivity index is 0.00000242. The van der Waals surface area contributed by atoms with Gasteiger partial charge in [-0.2, -0.15) is 0 Å². The topological polar surface area (TPSA) is 54.6 Å². The van der Waals surface area contributed by atoms with Gasteiger partial charge in [-0.3, -0.25) is 4.90 Å². The molecule has 0 aliphatic carbocycles. The summed E-state index contributed by atoms with van der Waals surface area (Å²) in [5.74, 6) is 1.02. The van der Waals surface area contributed by atoms with Gasteiger partial charge in [0.05, 0.1) is 6.10 Å². The van der Waals surface area contributed by atoms with E-state index < -0.39 is 0 Å². The highest BCUT2D eigenvalue weighted by atomic mass is 35.5. The number of hydrogen-bond acceptors (Lipinski definition) is 5. The molecule has 2 heterocycles. The lowest BCUT2D eigenvalue weighted by Gasteiger charge is -2.38. The number of aromatic nitrogens is 1. The maximum absolute atomic E-state index is 5.93. The number of likely N-dealkylation sites (tertiary alicyclic amines) is 1. The van der Waals surface area contributed by atoms with Gasteiger partial charge >= 0.3 is 0 Å². The molecule has 5 nitrogen and oxygen atoms in total. The van der Waals surface area contributed by atoms with Gasteiger partial charge in [0, 0.05) is 52.6 Å². The highest BCUT2D eigenvalue weighted by Gasteiger charge is 2.27. The molecule has 2 rings (SSSR count). The van der Waals surface area contributed by atoms with E-state index in [1.807, 2.05) is 6.20 Å². The summed E-state index contributed by atoms with van der Waals surface area (Å²) in [6, 6.07) is 4.67. The van der Waals surface area contributed by atoms with E-state index in [0.717, 1.165) is 38.3 Å². The molecule has 1 fully saturated rings. The Morgan fingerprint density at radius 2 is 2.23 bits per heavy atom. The molecule has 0 bridgehead atoms. The smallest absolute Gasteiger partial charge is 0.128 e. The molecule has 22 heavy (non-hydrogen) atoms. The molecule has 2 atom stereocenters. The maximum Gasteiger partial charge on any atom is 0.128 e. The number of methoxy groups -OCH3 is 1. The van der Waals surface area contributed by atoms with Gasteiger partial charge in [-0.25, -0.2) is 4.98 Å². The van der Waals surface area contributed by atoms with Crippen molar-refractivity contribution in [3.63, 3.8) is 0 Å². The van der Waals surface area contributed by atoms with Crippen LogP contribution in [0.15, 0.2) is 18.3 Å². The predicted octanol–water partition coefficient (Wildman–Crippen LogP) is 1.90. The van der Waals surface area contributed by atoms with Crippen molar-refractivity contribution in [2.45, 2.75) is 38.5 Å². The maximum atomic E-state index is 5.93. The summed E-state index contributed by atoms with van der Waals surface area (Å²) in [6.07, 6.45) is 4.44. The average molecular weight is 329 g/mol. The molecule has 0 saturated carbocycles. The number of pyridine rings is 1. The fourth-order valence-corrected chi connectivity index (χ4v) is 2.86. The van der Waals surface area contributed by atoms with Crippen LogP contribution in [0.25, 0.3) is 0 Å². The second kappa shape index (κ2) is 9.30. The first-order valence-corrected chi connectivity index (χ1v) is 7.80. The molecule has 1 aliphatic rings. The van der Waals surface area contributed by atoms with Crippen LogP contribution in [0.3, 0.4) is 0 Å².